The lowest BCUT2D eigenvalue weighted by molar-refractivity contribution is 0.407. The molecule has 1 aromatic heterocycles. The van der Waals surface area contributed by atoms with Crippen LogP contribution >= 0.6 is 11.8 Å². The fraction of sp³-hybridized carbons (Fsp3) is 0.667. The molecule has 0 bridgehead atoms. The second kappa shape index (κ2) is 5.12. The minimum Gasteiger partial charge on any atom is -0.444 e. The fourth-order valence-electron chi connectivity index (χ4n) is 1.84. The van der Waals surface area contributed by atoms with E-state index in [2.05, 4.69) is 29.1 Å². The number of thioether (sulfide) groups is 1. The topological polar surface area (TPSA) is 50.4 Å². The molecule has 1 fully saturated rings. The number of aliphatic imine (C=N–C) groups is 1. The van der Waals surface area contributed by atoms with Crippen LogP contribution in [0, 0.1) is 6.92 Å². The number of rotatable bonds is 4. The van der Waals surface area contributed by atoms with Crippen molar-refractivity contribution in [3.05, 3.63) is 17.8 Å². The van der Waals surface area contributed by atoms with Crippen molar-refractivity contribution in [1.29, 1.82) is 0 Å². The number of aryl methyl sites for hydroxylation is 1. The molecule has 1 N–H and O–H groups in total. The lowest BCUT2D eigenvalue weighted by Gasteiger charge is -2.25. The van der Waals surface area contributed by atoms with E-state index < -0.39 is 0 Å². The van der Waals surface area contributed by atoms with Gasteiger partial charge in [0.2, 0.25) is 5.89 Å². The first kappa shape index (κ1) is 12.5. The highest BCUT2D eigenvalue weighted by atomic mass is 32.2. The van der Waals surface area contributed by atoms with Crippen molar-refractivity contribution < 1.29 is 4.42 Å². The van der Waals surface area contributed by atoms with Crippen LogP contribution in [0.1, 0.15) is 38.3 Å². The Balaban J connectivity index is 1.96. The first-order valence-corrected chi connectivity index (χ1v) is 7.03. The standard InChI is InChI=1S/C12H19N3OS/c1-4-12(5-2)8-17-11(15-12)14-7-10-13-6-9(3)16-10/h6H,4-5,7-8H2,1-3H3,(H,14,15). The summed E-state index contributed by atoms with van der Waals surface area (Å²) in [6, 6.07) is 0. The number of aromatic nitrogens is 1. The lowest BCUT2D eigenvalue weighted by Crippen LogP contribution is -2.42. The van der Waals surface area contributed by atoms with Gasteiger partial charge in [-0.25, -0.2) is 4.98 Å². The maximum Gasteiger partial charge on any atom is 0.216 e. The van der Waals surface area contributed by atoms with Gasteiger partial charge in [0.05, 0.1) is 6.20 Å². The average molecular weight is 253 g/mol. The molecule has 1 aromatic rings. The predicted molar refractivity (Wildman–Crippen MR) is 71.3 cm³/mol. The number of nitrogens with zero attached hydrogens (tertiary/aromatic N) is 2. The van der Waals surface area contributed by atoms with Crippen LogP contribution in [0.25, 0.3) is 0 Å². The van der Waals surface area contributed by atoms with E-state index in [9.17, 15) is 0 Å². The molecule has 0 spiro atoms. The van der Waals surface area contributed by atoms with Crippen LogP contribution in [0.2, 0.25) is 0 Å². The Bertz CT molecular complexity index is 410. The van der Waals surface area contributed by atoms with Gasteiger partial charge in [-0.3, -0.25) is 4.99 Å². The van der Waals surface area contributed by atoms with Crippen molar-refractivity contribution in [3.8, 4) is 0 Å². The molecule has 2 heterocycles. The zero-order chi connectivity index (χ0) is 12.3. The van der Waals surface area contributed by atoms with Crippen molar-refractivity contribution in [1.82, 2.24) is 10.3 Å². The van der Waals surface area contributed by atoms with Gasteiger partial charge < -0.3 is 9.73 Å². The van der Waals surface area contributed by atoms with Crippen LogP contribution < -0.4 is 5.32 Å². The zero-order valence-corrected chi connectivity index (χ0v) is 11.4. The second-order valence-electron chi connectivity index (χ2n) is 4.39. The molecule has 17 heavy (non-hydrogen) atoms. The van der Waals surface area contributed by atoms with E-state index >= 15 is 0 Å². The van der Waals surface area contributed by atoms with Crippen LogP contribution in [-0.2, 0) is 6.54 Å². The Morgan fingerprint density at radius 1 is 1.53 bits per heavy atom. The lowest BCUT2D eigenvalue weighted by atomic mass is 9.96. The summed E-state index contributed by atoms with van der Waals surface area (Å²) in [6.45, 7) is 6.85. The van der Waals surface area contributed by atoms with E-state index in [-0.39, 0.29) is 5.54 Å². The van der Waals surface area contributed by atoms with Crippen molar-refractivity contribution in [2.45, 2.75) is 45.7 Å². The third kappa shape index (κ3) is 2.83. The predicted octanol–water partition coefficient (Wildman–Crippen LogP) is 2.73. The third-order valence-corrected chi connectivity index (χ3v) is 4.44. The zero-order valence-electron chi connectivity index (χ0n) is 10.6. The molecule has 0 radical (unpaired) electrons. The molecule has 1 aliphatic heterocycles. The summed E-state index contributed by atoms with van der Waals surface area (Å²) in [5.41, 5.74) is 0.232. The summed E-state index contributed by atoms with van der Waals surface area (Å²) in [6.07, 6.45) is 3.99. The van der Waals surface area contributed by atoms with Gasteiger partial charge >= 0.3 is 0 Å². The van der Waals surface area contributed by atoms with Crippen LogP contribution in [-0.4, -0.2) is 21.4 Å². The van der Waals surface area contributed by atoms with Crippen molar-refractivity contribution in [3.63, 3.8) is 0 Å². The Labute approximate surface area is 106 Å². The van der Waals surface area contributed by atoms with Gasteiger partial charge in [-0.05, 0) is 19.8 Å². The van der Waals surface area contributed by atoms with Gasteiger partial charge in [0, 0.05) is 11.3 Å². The highest BCUT2D eigenvalue weighted by molar-refractivity contribution is 8.14. The molecule has 4 nitrogen and oxygen atoms in total. The first-order chi connectivity index (χ1) is 8.17. The van der Waals surface area contributed by atoms with Crippen molar-refractivity contribution >= 4 is 16.9 Å². The van der Waals surface area contributed by atoms with E-state index in [1.54, 1.807) is 18.0 Å². The molecule has 1 aliphatic rings. The Hall–Kier alpha value is -0.970. The van der Waals surface area contributed by atoms with E-state index in [0.717, 1.165) is 29.5 Å². The summed E-state index contributed by atoms with van der Waals surface area (Å²) in [5.74, 6) is 2.62. The Morgan fingerprint density at radius 3 is 2.82 bits per heavy atom. The number of nitrogens with one attached hydrogen (secondary N) is 1. The summed E-state index contributed by atoms with van der Waals surface area (Å²) in [5, 5.41) is 4.54. The van der Waals surface area contributed by atoms with Crippen LogP contribution in [0.4, 0.5) is 0 Å². The second-order valence-corrected chi connectivity index (χ2v) is 5.35. The van der Waals surface area contributed by atoms with E-state index in [1.165, 1.54) is 0 Å². The van der Waals surface area contributed by atoms with Gasteiger partial charge in [0.25, 0.3) is 0 Å². The highest BCUT2D eigenvalue weighted by Crippen LogP contribution is 2.29. The van der Waals surface area contributed by atoms with Gasteiger partial charge in [-0.1, -0.05) is 25.6 Å². The first-order valence-electron chi connectivity index (χ1n) is 6.04. The van der Waals surface area contributed by atoms with Crippen LogP contribution in [0.15, 0.2) is 15.6 Å². The molecule has 0 amide bonds. The molecule has 2 rings (SSSR count). The molecule has 0 aromatic carbocycles. The molecule has 0 unspecified atom stereocenters. The average Bonchev–Trinajstić information content (AvgIpc) is 2.93. The van der Waals surface area contributed by atoms with E-state index in [4.69, 9.17) is 4.42 Å². The minimum atomic E-state index is 0.232. The summed E-state index contributed by atoms with van der Waals surface area (Å²) < 4.78 is 5.39. The quantitative estimate of drug-likeness (QED) is 0.896. The fourth-order valence-corrected chi connectivity index (χ4v) is 3.17. The minimum absolute atomic E-state index is 0.232. The number of amidine groups is 1. The molecule has 0 atom stereocenters. The maximum absolute atomic E-state index is 5.39. The van der Waals surface area contributed by atoms with Crippen LogP contribution in [0.3, 0.4) is 0 Å². The smallest absolute Gasteiger partial charge is 0.216 e. The SMILES string of the molecule is CCC1(CC)CSC(=NCc2ncc(C)o2)N1. The third-order valence-electron chi connectivity index (χ3n) is 3.24. The molecule has 0 aliphatic carbocycles. The van der Waals surface area contributed by atoms with Gasteiger partial charge in [-0.15, -0.1) is 0 Å². The maximum atomic E-state index is 5.39. The largest absolute Gasteiger partial charge is 0.444 e. The monoisotopic (exact) mass is 253 g/mol. The highest BCUT2D eigenvalue weighted by Gasteiger charge is 2.33. The summed E-state index contributed by atoms with van der Waals surface area (Å²) >= 11 is 1.79. The van der Waals surface area contributed by atoms with Crippen molar-refractivity contribution in [2.24, 2.45) is 4.99 Å². The normalized spacial score (nSPS) is 20.8. The molecule has 5 heteroatoms. The van der Waals surface area contributed by atoms with Gasteiger partial charge in [-0.2, -0.15) is 0 Å². The Kier molecular flexibility index (Phi) is 3.76. The van der Waals surface area contributed by atoms with E-state index in [0.29, 0.717) is 12.4 Å². The van der Waals surface area contributed by atoms with Gasteiger partial charge in [0.15, 0.2) is 5.17 Å². The molecular formula is C12H19N3OS. The van der Waals surface area contributed by atoms with Crippen LogP contribution in [0.5, 0.6) is 0 Å². The molecule has 0 saturated carbocycles. The molecule has 94 valence electrons. The number of hydrogen-bond acceptors (Lipinski definition) is 4. The van der Waals surface area contributed by atoms with Crippen molar-refractivity contribution in [2.75, 3.05) is 5.75 Å². The molecular weight excluding hydrogens is 234 g/mol. The summed E-state index contributed by atoms with van der Waals surface area (Å²) in [7, 11) is 0. The van der Waals surface area contributed by atoms with E-state index in [1.807, 2.05) is 6.92 Å². The number of hydrogen-bond donors (Lipinski definition) is 1. The molecule has 1 saturated heterocycles. The summed E-state index contributed by atoms with van der Waals surface area (Å²) in [4.78, 5) is 8.65. The van der Waals surface area contributed by atoms with Gasteiger partial charge in [0.1, 0.15) is 12.3 Å². The Morgan fingerprint density at radius 2 is 2.29 bits per heavy atom. The number of oxazole rings is 1.